The molecule has 0 heterocycles. The number of aliphatic carboxylic acids is 1. The van der Waals surface area contributed by atoms with Crippen molar-refractivity contribution in [2.45, 2.75) is 13.8 Å². The van der Waals surface area contributed by atoms with Crippen LogP contribution in [0.3, 0.4) is 0 Å². The first kappa shape index (κ1) is 10.3. The fourth-order valence-electron chi connectivity index (χ4n) is 2.47. The van der Waals surface area contributed by atoms with Gasteiger partial charge in [-0.2, -0.15) is 0 Å². The monoisotopic (exact) mass is 183 g/mol. The van der Waals surface area contributed by atoms with E-state index < -0.39 is 5.97 Å². The van der Waals surface area contributed by atoms with Crippen LogP contribution < -0.4 is 5.73 Å². The maximum atomic E-state index is 10.9. The lowest BCUT2D eigenvalue weighted by Crippen LogP contribution is -2.26. The van der Waals surface area contributed by atoms with Gasteiger partial charge in [0.25, 0.3) is 0 Å². The number of rotatable bonds is 4. The molecule has 3 atom stereocenters. The van der Waals surface area contributed by atoms with Gasteiger partial charge in [-0.05, 0) is 18.4 Å². The van der Waals surface area contributed by atoms with Crippen LogP contribution in [0.1, 0.15) is 13.8 Å². The standard InChI is InChI=1S/C10H17NO2/c1-4-7-8(9(12)13)10(7,5-11)6(2)3/h4,6-8H,1,5,11H2,2-3H3,(H,12,13)/t7-,8+,10?/m1/s1. The summed E-state index contributed by atoms with van der Waals surface area (Å²) in [6.07, 6.45) is 1.73. The van der Waals surface area contributed by atoms with E-state index in [1.54, 1.807) is 6.08 Å². The molecule has 0 aromatic carbocycles. The van der Waals surface area contributed by atoms with Gasteiger partial charge in [0.15, 0.2) is 0 Å². The summed E-state index contributed by atoms with van der Waals surface area (Å²) in [6, 6.07) is 0. The highest BCUT2D eigenvalue weighted by Crippen LogP contribution is 2.63. The smallest absolute Gasteiger partial charge is 0.307 e. The molecule has 1 rings (SSSR count). The molecule has 3 nitrogen and oxygen atoms in total. The molecule has 0 spiro atoms. The Hall–Kier alpha value is -0.830. The molecule has 1 fully saturated rings. The van der Waals surface area contributed by atoms with Crippen molar-refractivity contribution < 1.29 is 9.90 Å². The van der Waals surface area contributed by atoms with Gasteiger partial charge in [0.1, 0.15) is 0 Å². The van der Waals surface area contributed by atoms with Gasteiger partial charge in [-0.15, -0.1) is 6.58 Å². The lowest BCUT2D eigenvalue weighted by molar-refractivity contribution is -0.139. The minimum atomic E-state index is -0.746. The Balaban J connectivity index is 2.91. The Bertz CT molecular complexity index is 237. The van der Waals surface area contributed by atoms with Crippen LogP contribution in [0.5, 0.6) is 0 Å². The third kappa shape index (κ3) is 1.18. The Morgan fingerprint density at radius 3 is 2.38 bits per heavy atom. The van der Waals surface area contributed by atoms with Crippen molar-refractivity contribution in [2.75, 3.05) is 6.54 Å². The molecule has 1 aliphatic rings. The topological polar surface area (TPSA) is 63.3 Å². The Kier molecular flexibility index (Phi) is 2.48. The van der Waals surface area contributed by atoms with E-state index in [2.05, 4.69) is 6.58 Å². The Morgan fingerprint density at radius 2 is 2.31 bits per heavy atom. The van der Waals surface area contributed by atoms with Crippen molar-refractivity contribution in [1.82, 2.24) is 0 Å². The van der Waals surface area contributed by atoms with Crippen molar-refractivity contribution in [3.63, 3.8) is 0 Å². The first-order chi connectivity index (χ1) is 6.02. The third-order valence-electron chi connectivity index (χ3n) is 3.40. The molecule has 3 N–H and O–H groups in total. The minimum Gasteiger partial charge on any atom is -0.481 e. The zero-order valence-corrected chi connectivity index (χ0v) is 8.16. The van der Waals surface area contributed by atoms with Crippen LogP contribution in [0.15, 0.2) is 12.7 Å². The average molecular weight is 183 g/mol. The number of hydrogen-bond donors (Lipinski definition) is 2. The normalized spacial score (nSPS) is 37.5. The van der Waals surface area contributed by atoms with E-state index in [1.165, 1.54) is 0 Å². The van der Waals surface area contributed by atoms with Gasteiger partial charge in [0, 0.05) is 5.41 Å². The molecule has 0 radical (unpaired) electrons. The van der Waals surface area contributed by atoms with Crippen molar-refractivity contribution in [3.8, 4) is 0 Å². The number of carboxylic acids is 1. The van der Waals surface area contributed by atoms with Crippen LogP contribution >= 0.6 is 0 Å². The maximum absolute atomic E-state index is 10.9. The van der Waals surface area contributed by atoms with Crippen LogP contribution in [0, 0.1) is 23.2 Å². The molecular weight excluding hydrogens is 166 g/mol. The van der Waals surface area contributed by atoms with Gasteiger partial charge in [-0.3, -0.25) is 4.79 Å². The number of hydrogen-bond acceptors (Lipinski definition) is 2. The fraction of sp³-hybridized carbons (Fsp3) is 0.700. The van der Waals surface area contributed by atoms with Crippen molar-refractivity contribution in [2.24, 2.45) is 28.9 Å². The summed E-state index contributed by atoms with van der Waals surface area (Å²) in [5, 5.41) is 8.97. The number of carbonyl (C=O) groups is 1. The van der Waals surface area contributed by atoms with E-state index in [4.69, 9.17) is 10.8 Å². The predicted molar refractivity (Wildman–Crippen MR) is 51.1 cm³/mol. The SMILES string of the molecule is C=C[C@@H]1[C@@H](C(=O)O)C1(CN)C(C)C. The molecular formula is C10H17NO2. The molecule has 3 heteroatoms. The van der Waals surface area contributed by atoms with E-state index in [1.807, 2.05) is 13.8 Å². The second kappa shape index (κ2) is 3.14. The highest BCUT2D eigenvalue weighted by atomic mass is 16.4. The fourth-order valence-corrected chi connectivity index (χ4v) is 2.47. The maximum Gasteiger partial charge on any atom is 0.307 e. The molecule has 1 unspecified atom stereocenters. The van der Waals surface area contributed by atoms with Crippen LogP contribution in [0.2, 0.25) is 0 Å². The van der Waals surface area contributed by atoms with Crippen LogP contribution in [0.25, 0.3) is 0 Å². The first-order valence-electron chi connectivity index (χ1n) is 4.57. The molecule has 74 valence electrons. The summed E-state index contributed by atoms with van der Waals surface area (Å²) in [6.45, 7) is 8.13. The molecule has 1 aliphatic carbocycles. The van der Waals surface area contributed by atoms with Gasteiger partial charge >= 0.3 is 5.97 Å². The summed E-state index contributed by atoms with van der Waals surface area (Å²) in [5.74, 6) is -0.726. The van der Waals surface area contributed by atoms with Crippen molar-refractivity contribution in [3.05, 3.63) is 12.7 Å². The van der Waals surface area contributed by atoms with E-state index >= 15 is 0 Å². The van der Waals surface area contributed by atoms with Gasteiger partial charge in [-0.1, -0.05) is 19.9 Å². The van der Waals surface area contributed by atoms with Gasteiger partial charge < -0.3 is 10.8 Å². The first-order valence-corrected chi connectivity index (χ1v) is 4.57. The molecule has 13 heavy (non-hydrogen) atoms. The lowest BCUT2D eigenvalue weighted by Gasteiger charge is -2.18. The summed E-state index contributed by atoms with van der Waals surface area (Å²) < 4.78 is 0. The van der Waals surface area contributed by atoms with Crippen molar-refractivity contribution in [1.29, 1.82) is 0 Å². The largest absolute Gasteiger partial charge is 0.481 e. The summed E-state index contributed by atoms with van der Waals surface area (Å²) in [5.41, 5.74) is 5.41. The van der Waals surface area contributed by atoms with E-state index in [0.717, 1.165) is 0 Å². The molecule has 0 saturated heterocycles. The summed E-state index contributed by atoms with van der Waals surface area (Å²) in [4.78, 5) is 10.9. The molecule has 0 amide bonds. The molecule has 0 aromatic heterocycles. The molecule has 0 aliphatic heterocycles. The van der Waals surface area contributed by atoms with Crippen LogP contribution in [-0.4, -0.2) is 17.6 Å². The zero-order chi connectivity index (χ0) is 10.2. The van der Waals surface area contributed by atoms with Crippen molar-refractivity contribution >= 4 is 5.97 Å². The number of carboxylic acid groups (broad SMARTS) is 1. The predicted octanol–water partition coefficient (Wildman–Crippen LogP) is 1.10. The highest BCUT2D eigenvalue weighted by molar-refractivity contribution is 5.76. The van der Waals surface area contributed by atoms with E-state index in [-0.39, 0.29) is 17.3 Å². The minimum absolute atomic E-state index is 0.0509. The summed E-state index contributed by atoms with van der Waals surface area (Å²) >= 11 is 0. The highest BCUT2D eigenvalue weighted by Gasteiger charge is 2.67. The van der Waals surface area contributed by atoms with E-state index in [9.17, 15) is 4.79 Å². The second-order valence-electron chi connectivity index (χ2n) is 4.05. The number of nitrogens with two attached hydrogens (primary N) is 1. The van der Waals surface area contributed by atoms with Gasteiger partial charge in [-0.25, -0.2) is 0 Å². The Morgan fingerprint density at radius 1 is 1.77 bits per heavy atom. The zero-order valence-electron chi connectivity index (χ0n) is 8.16. The van der Waals surface area contributed by atoms with Gasteiger partial charge in [0.2, 0.25) is 0 Å². The molecule has 0 bridgehead atoms. The number of allylic oxidation sites excluding steroid dienone is 1. The Labute approximate surface area is 78.6 Å². The average Bonchev–Trinajstić information content (AvgIpc) is 2.73. The molecule has 1 saturated carbocycles. The van der Waals surface area contributed by atoms with E-state index in [0.29, 0.717) is 12.5 Å². The summed E-state index contributed by atoms with van der Waals surface area (Å²) in [7, 11) is 0. The van der Waals surface area contributed by atoms with Crippen LogP contribution in [-0.2, 0) is 4.79 Å². The lowest BCUT2D eigenvalue weighted by atomic mass is 9.88. The quantitative estimate of drug-likeness (QED) is 0.641. The van der Waals surface area contributed by atoms with Gasteiger partial charge in [0.05, 0.1) is 5.92 Å². The molecule has 0 aromatic rings. The third-order valence-corrected chi connectivity index (χ3v) is 3.40. The van der Waals surface area contributed by atoms with Crippen LogP contribution in [0.4, 0.5) is 0 Å². The second-order valence-corrected chi connectivity index (χ2v) is 4.05.